The van der Waals surface area contributed by atoms with E-state index in [1.165, 1.54) is 19.1 Å². The molecule has 0 radical (unpaired) electrons. The molecule has 3 amide bonds. The number of carbonyl (C=O) groups excluding carboxylic acids is 3. The van der Waals surface area contributed by atoms with Crippen molar-refractivity contribution in [3.63, 3.8) is 0 Å². The molecule has 1 saturated heterocycles. The third-order valence-corrected chi connectivity index (χ3v) is 7.07. The van der Waals surface area contributed by atoms with Crippen LogP contribution in [0.25, 0.3) is 0 Å². The van der Waals surface area contributed by atoms with Crippen molar-refractivity contribution in [2.24, 2.45) is 0 Å². The van der Waals surface area contributed by atoms with Gasteiger partial charge in [-0.3, -0.25) is 14.4 Å². The normalized spacial score (nSPS) is 17.2. The maximum Gasteiger partial charge on any atom is 0.252 e. The van der Waals surface area contributed by atoms with Crippen molar-refractivity contribution in [2.45, 2.75) is 50.6 Å². The van der Waals surface area contributed by atoms with Crippen LogP contribution in [0.4, 0.5) is 15.8 Å². The molecule has 0 bridgehead atoms. The number of carbonyl (C=O) groups is 3. The van der Waals surface area contributed by atoms with E-state index in [0.717, 1.165) is 33.5 Å². The number of halogens is 1. The Morgan fingerprint density at radius 3 is 2.12 bits per heavy atom. The molecular formula is C22H24FN3O5S. The van der Waals surface area contributed by atoms with Gasteiger partial charge in [-0.05, 0) is 69.3 Å². The molecule has 1 atom stereocenters. The van der Waals surface area contributed by atoms with E-state index in [1.54, 1.807) is 32.9 Å². The van der Waals surface area contributed by atoms with Crippen LogP contribution < -0.4 is 10.2 Å². The van der Waals surface area contributed by atoms with E-state index in [2.05, 4.69) is 5.32 Å². The Hall–Kier alpha value is -3.11. The van der Waals surface area contributed by atoms with Gasteiger partial charge in [0, 0.05) is 18.2 Å². The van der Waals surface area contributed by atoms with E-state index in [1.807, 2.05) is 0 Å². The Kier molecular flexibility index (Phi) is 6.21. The number of hydrogen-bond acceptors (Lipinski definition) is 5. The summed E-state index contributed by atoms with van der Waals surface area (Å²) in [5.41, 5.74) is -0.282. The Balaban J connectivity index is 1.98. The van der Waals surface area contributed by atoms with Gasteiger partial charge in [0.05, 0.1) is 17.0 Å². The monoisotopic (exact) mass is 461 g/mol. The molecule has 1 aliphatic heterocycles. The average Bonchev–Trinajstić information content (AvgIpc) is 2.95. The number of imide groups is 1. The van der Waals surface area contributed by atoms with E-state index in [0.29, 0.717) is 5.69 Å². The molecule has 0 spiro atoms. The zero-order chi connectivity index (χ0) is 23.8. The highest BCUT2D eigenvalue weighted by molar-refractivity contribution is 7.89. The molecule has 32 heavy (non-hydrogen) atoms. The summed E-state index contributed by atoms with van der Waals surface area (Å²) in [6.45, 7) is 6.22. The maximum absolute atomic E-state index is 13.4. The lowest BCUT2D eigenvalue weighted by molar-refractivity contribution is -0.122. The standard InChI is InChI=1S/C22H24FN3O5S/c1-14(27)24-16-7-9-17(10-8-16)25-20(28)13-19(21(25)29)26(22(2,3)4)32(30,31)18-11-5-15(23)6-12-18/h5-12,19H,13H2,1-4H3,(H,24,27). The van der Waals surface area contributed by atoms with Crippen LogP contribution in [-0.2, 0) is 24.4 Å². The molecule has 1 fully saturated rings. The molecule has 170 valence electrons. The fourth-order valence-corrected chi connectivity index (χ4v) is 5.61. The minimum Gasteiger partial charge on any atom is -0.326 e. The predicted octanol–water partition coefficient (Wildman–Crippen LogP) is 2.91. The molecule has 1 N–H and O–H groups in total. The molecule has 2 aromatic carbocycles. The molecule has 2 aromatic rings. The van der Waals surface area contributed by atoms with Crippen molar-refractivity contribution in [2.75, 3.05) is 10.2 Å². The SMILES string of the molecule is CC(=O)Nc1ccc(N2C(=O)CC(N(C(C)(C)C)S(=O)(=O)c3ccc(F)cc3)C2=O)cc1. The third kappa shape index (κ3) is 4.56. The van der Waals surface area contributed by atoms with Gasteiger partial charge in [-0.25, -0.2) is 17.7 Å². The zero-order valence-corrected chi connectivity index (χ0v) is 18.9. The van der Waals surface area contributed by atoms with Crippen LogP contribution in [0.15, 0.2) is 53.4 Å². The van der Waals surface area contributed by atoms with E-state index in [9.17, 15) is 27.2 Å². The molecule has 1 unspecified atom stereocenters. The van der Waals surface area contributed by atoms with Crippen LogP contribution in [0.5, 0.6) is 0 Å². The Morgan fingerprint density at radius 1 is 1.06 bits per heavy atom. The van der Waals surface area contributed by atoms with Crippen LogP contribution in [0.1, 0.15) is 34.1 Å². The Labute approximate surface area is 186 Å². The first-order valence-corrected chi connectivity index (χ1v) is 11.3. The van der Waals surface area contributed by atoms with Gasteiger partial charge in [0.1, 0.15) is 11.9 Å². The van der Waals surface area contributed by atoms with Crippen molar-refractivity contribution in [1.29, 1.82) is 0 Å². The Bertz CT molecular complexity index is 1160. The van der Waals surface area contributed by atoms with Gasteiger partial charge in [-0.15, -0.1) is 0 Å². The highest BCUT2D eigenvalue weighted by atomic mass is 32.2. The van der Waals surface area contributed by atoms with E-state index >= 15 is 0 Å². The zero-order valence-electron chi connectivity index (χ0n) is 18.1. The van der Waals surface area contributed by atoms with Gasteiger partial charge >= 0.3 is 0 Å². The van der Waals surface area contributed by atoms with Gasteiger partial charge < -0.3 is 5.32 Å². The minimum absolute atomic E-state index is 0.174. The van der Waals surface area contributed by atoms with Crippen LogP contribution in [0, 0.1) is 5.82 Å². The van der Waals surface area contributed by atoms with E-state index in [-0.39, 0.29) is 22.9 Å². The number of hydrogen-bond donors (Lipinski definition) is 1. The number of sulfonamides is 1. The second-order valence-corrected chi connectivity index (χ2v) is 10.3. The molecule has 0 aromatic heterocycles. The molecule has 1 heterocycles. The largest absolute Gasteiger partial charge is 0.326 e. The van der Waals surface area contributed by atoms with Gasteiger partial charge in [-0.2, -0.15) is 4.31 Å². The number of rotatable bonds is 5. The van der Waals surface area contributed by atoms with Gasteiger partial charge in [0.15, 0.2) is 0 Å². The summed E-state index contributed by atoms with van der Waals surface area (Å²) < 4.78 is 41.1. The lowest BCUT2D eigenvalue weighted by Crippen LogP contribution is -2.54. The number of amides is 3. The number of nitrogens with zero attached hydrogens (tertiary/aromatic N) is 2. The van der Waals surface area contributed by atoms with Crippen molar-refractivity contribution >= 4 is 39.1 Å². The fourth-order valence-electron chi connectivity index (χ4n) is 3.68. The summed E-state index contributed by atoms with van der Waals surface area (Å²) in [7, 11) is -4.22. The summed E-state index contributed by atoms with van der Waals surface area (Å²) in [5, 5.41) is 2.59. The van der Waals surface area contributed by atoms with Crippen LogP contribution in [0.3, 0.4) is 0 Å². The summed E-state index contributed by atoms with van der Waals surface area (Å²) in [5.74, 6) is -2.08. The van der Waals surface area contributed by atoms with Crippen molar-refractivity contribution in [3.8, 4) is 0 Å². The number of nitrogens with one attached hydrogen (secondary N) is 1. The van der Waals surface area contributed by atoms with E-state index < -0.39 is 39.2 Å². The first-order chi connectivity index (χ1) is 14.8. The van der Waals surface area contributed by atoms with Crippen LogP contribution >= 0.6 is 0 Å². The smallest absolute Gasteiger partial charge is 0.252 e. The van der Waals surface area contributed by atoms with E-state index in [4.69, 9.17) is 0 Å². The molecule has 10 heteroatoms. The van der Waals surface area contributed by atoms with Crippen LogP contribution in [-0.4, -0.2) is 42.0 Å². The third-order valence-electron chi connectivity index (χ3n) is 4.88. The summed E-state index contributed by atoms with van der Waals surface area (Å²) in [4.78, 5) is 38.0. The van der Waals surface area contributed by atoms with Gasteiger partial charge in [0.25, 0.3) is 5.91 Å². The van der Waals surface area contributed by atoms with Crippen molar-refractivity contribution in [3.05, 3.63) is 54.3 Å². The highest BCUT2D eigenvalue weighted by Crippen LogP contribution is 2.34. The lowest BCUT2D eigenvalue weighted by atomic mass is 10.1. The summed E-state index contributed by atoms with van der Waals surface area (Å²) in [6, 6.07) is 9.14. The first kappa shape index (κ1) is 23.6. The highest BCUT2D eigenvalue weighted by Gasteiger charge is 2.50. The molecule has 0 saturated carbocycles. The van der Waals surface area contributed by atoms with Crippen LogP contribution in [0.2, 0.25) is 0 Å². The minimum atomic E-state index is -4.22. The second-order valence-electron chi connectivity index (χ2n) is 8.44. The topological polar surface area (TPSA) is 104 Å². The van der Waals surface area contributed by atoms with Gasteiger partial charge in [-0.1, -0.05) is 0 Å². The molecular weight excluding hydrogens is 437 g/mol. The fraction of sp³-hybridized carbons (Fsp3) is 0.318. The Morgan fingerprint density at radius 2 is 1.62 bits per heavy atom. The van der Waals surface area contributed by atoms with Crippen molar-refractivity contribution < 1.29 is 27.2 Å². The quantitative estimate of drug-likeness (QED) is 0.690. The number of anilines is 2. The predicted molar refractivity (Wildman–Crippen MR) is 117 cm³/mol. The number of benzene rings is 2. The van der Waals surface area contributed by atoms with Gasteiger partial charge in [0.2, 0.25) is 21.8 Å². The molecule has 8 nitrogen and oxygen atoms in total. The summed E-state index contributed by atoms with van der Waals surface area (Å²) >= 11 is 0. The average molecular weight is 462 g/mol. The summed E-state index contributed by atoms with van der Waals surface area (Å²) in [6.07, 6.45) is -0.329. The lowest BCUT2D eigenvalue weighted by Gasteiger charge is -2.37. The molecule has 0 aliphatic carbocycles. The first-order valence-electron chi connectivity index (χ1n) is 9.87. The molecule has 3 rings (SSSR count). The molecule has 1 aliphatic rings. The second kappa shape index (κ2) is 8.44. The maximum atomic E-state index is 13.4. The van der Waals surface area contributed by atoms with Crippen molar-refractivity contribution in [1.82, 2.24) is 4.31 Å².